The Hall–Kier alpha value is -4.00. The van der Waals surface area contributed by atoms with E-state index in [-0.39, 0.29) is 16.6 Å². The van der Waals surface area contributed by atoms with Gasteiger partial charge in [-0.1, -0.05) is 42.1 Å². The normalized spacial score (nSPS) is 13.7. The lowest BCUT2D eigenvalue weighted by Crippen LogP contribution is -2.27. The molecule has 0 atom stereocenters. The number of aromatic nitrogens is 3. The summed E-state index contributed by atoms with van der Waals surface area (Å²) in [4.78, 5) is 24.6. The molecule has 1 aliphatic rings. The zero-order chi connectivity index (χ0) is 28.1. The number of anilines is 1. The van der Waals surface area contributed by atoms with Gasteiger partial charge < -0.3 is 10.1 Å². The summed E-state index contributed by atoms with van der Waals surface area (Å²) in [6.07, 6.45) is 1.71. The molecular weight excluding hydrogens is 550 g/mol. The molecule has 1 amide bonds. The quantitative estimate of drug-likeness (QED) is 0.232. The third kappa shape index (κ3) is 5.93. The van der Waals surface area contributed by atoms with E-state index in [0.717, 1.165) is 18.5 Å². The smallest absolute Gasteiger partial charge is 0.337 e. The van der Waals surface area contributed by atoms with Gasteiger partial charge in [-0.25, -0.2) is 13.2 Å². The highest BCUT2D eigenvalue weighted by atomic mass is 32.2. The van der Waals surface area contributed by atoms with Gasteiger partial charge in [-0.15, -0.1) is 10.2 Å². The Morgan fingerprint density at radius 3 is 2.38 bits per heavy atom. The molecule has 1 saturated heterocycles. The number of ether oxygens (including phenoxy) is 1. The van der Waals surface area contributed by atoms with Crippen molar-refractivity contribution in [3.05, 3.63) is 84.4 Å². The highest BCUT2D eigenvalue weighted by molar-refractivity contribution is 7.99. The lowest BCUT2D eigenvalue weighted by Gasteiger charge is -2.16. The van der Waals surface area contributed by atoms with Gasteiger partial charge in [-0.05, 0) is 61.4 Å². The van der Waals surface area contributed by atoms with Crippen molar-refractivity contribution in [2.24, 2.45) is 0 Å². The number of rotatable bonds is 9. The number of para-hydroxylation sites is 1. The van der Waals surface area contributed by atoms with E-state index in [1.54, 1.807) is 48.5 Å². The number of amides is 1. The summed E-state index contributed by atoms with van der Waals surface area (Å²) in [6.45, 7) is 1.04. The summed E-state index contributed by atoms with van der Waals surface area (Å²) in [6, 6.07) is 22.6. The molecular formula is C28H27N5O5S2. The van der Waals surface area contributed by atoms with Crippen LogP contribution in [0.4, 0.5) is 5.69 Å². The van der Waals surface area contributed by atoms with Crippen LogP contribution in [-0.2, 0) is 19.6 Å². The van der Waals surface area contributed by atoms with E-state index in [2.05, 4.69) is 15.5 Å². The predicted molar refractivity (Wildman–Crippen MR) is 152 cm³/mol. The minimum absolute atomic E-state index is 0.0487. The minimum Gasteiger partial charge on any atom is -0.465 e. The Bertz CT molecular complexity index is 1620. The molecule has 1 fully saturated rings. The van der Waals surface area contributed by atoms with Crippen molar-refractivity contribution in [2.75, 3.05) is 31.3 Å². The second kappa shape index (κ2) is 12.0. The van der Waals surface area contributed by atoms with Crippen molar-refractivity contribution in [1.29, 1.82) is 0 Å². The number of carbonyl (C=O) groups excluding carboxylic acids is 2. The molecule has 0 unspecified atom stereocenters. The highest BCUT2D eigenvalue weighted by Gasteiger charge is 2.28. The van der Waals surface area contributed by atoms with Crippen molar-refractivity contribution in [3.8, 4) is 17.1 Å². The fourth-order valence-corrected chi connectivity index (χ4v) is 6.68. The summed E-state index contributed by atoms with van der Waals surface area (Å²) in [5.74, 6) is -0.207. The van der Waals surface area contributed by atoms with Gasteiger partial charge in [-0.3, -0.25) is 9.36 Å². The summed E-state index contributed by atoms with van der Waals surface area (Å²) >= 11 is 1.20. The number of methoxy groups -OCH3 is 1. The van der Waals surface area contributed by atoms with Crippen molar-refractivity contribution in [3.63, 3.8) is 0 Å². The molecule has 3 aromatic carbocycles. The van der Waals surface area contributed by atoms with Gasteiger partial charge in [0.05, 0.1) is 23.3 Å². The van der Waals surface area contributed by atoms with E-state index in [4.69, 9.17) is 4.74 Å². The average molecular weight is 578 g/mol. The minimum atomic E-state index is -3.61. The molecule has 0 saturated carbocycles. The van der Waals surface area contributed by atoms with Crippen LogP contribution < -0.4 is 5.32 Å². The Labute approximate surface area is 236 Å². The fraction of sp³-hybridized carbons (Fsp3) is 0.214. The maximum Gasteiger partial charge on any atom is 0.337 e. The molecule has 1 aromatic heterocycles. The van der Waals surface area contributed by atoms with Crippen LogP contribution in [0.25, 0.3) is 17.1 Å². The molecule has 0 radical (unpaired) electrons. The molecule has 4 aromatic rings. The number of sulfonamides is 1. The Morgan fingerprint density at radius 1 is 0.950 bits per heavy atom. The lowest BCUT2D eigenvalue weighted by molar-refractivity contribution is -0.113. The Morgan fingerprint density at radius 2 is 1.68 bits per heavy atom. The largest absolute Gasteiger partial charge is 0.465 e. The first-order chi connectivity index (χ1) is 19.4. The molecule has 1 N–H and O–H groups in total. The fourth-order valence-electron chi connectivity index (χ4n) is 4.37. The lowest BCUT2D eigenvalue weighted by atomic mass is 10.2. The maximum absolute atomic E-state index is 13.2. The van der Waals surface area contributed by atoms with Gasteiger partial charge in [0.25, 0.3) is 0 Å². The van der Waals surface area contributed by atoms with Crippen LogP contribution in [0.2, 0.25) is 0 Å². The van der Waals surface area contributed by atoms with Crippen LogP contribution >= 0.6 is 11.8 Å². The number of thioether (sulfide) groups is 1. The first-order valence-corrected chi connectivity index (χ1v) is 15.0. The third-order valence-corrected chi connectivity index (χ3v) is 9.19. The zero-order valence-corrected chi connectivity index (χ0v) is 23.3. The van der Waals surface area contributed by atoms with E-state index in [0.29, 0.717) is 40.9 Å². The standard InChI is InChI=1S/C28H27N5O5S2/c1-38-27(35)20-12-14-22(15-13-20)29-25(34)19-39-28-31-30-26(33(28)23-9-3-2-4-10-23)21-8-7-11-24(18-21)40(36,37)32-16-5-6-17-32/h2-4,7-15,18H,5-6,16-17,19H2,1H3,(H,29,34). The van der Waals surface area contributed by atoms with E-state index in [1.807, 2.05) is 34.9 Å². The first kappa shape index (κ1) is 27.6. The third-order valence-electron chi connectivity index (χ3n) is 6.36. The van der Waals surface area contributed by atoms with Gasteiger partial charge in [-0.2, -0.15) is 4.31 Å². The molecule has 0 spiro atoms. The summed E-state index contributed by atoms with van der Waals surface area (Å²) in [7, 11) is -2.30. The van der Waals surface area contributed by atoms with Gasteiger partial charge >= 0.3 is 5.97 Å². The second-order valence-electron chi connectivity index (χ2n) is 9.02. The van der Waals surface area contributed by atoms with Crippen molar-refractivity contribution >= 4 is 39.3 Å². The predicted octanol–water partition coefficient (Wildman–Crippen LogP) is 4.24. The van der Waals surface area contributed by atoms with Gasteiger partial charge in [0.1, 0.15) is 0 Å². The van der Waals surface area contributed by atoms with Gasteiger partial charge in [0, 0.05) is 30.0 Å². The van der Waals surface area contributed by atoms with Gasteiger partial charge in [0.2, 0.25) is 15.9 Å². The van der Waals surface area contributed by atoms with Gasteiger partial charge in [0.15, 0.2) is 11.0 Å². The molecule has 1 aliphatic heterocycles. The molecule has 0 aliphatic carbocycles. The van der Waals surface area contributed by atoms with Crippen molar-refractivity contribution in [1.82, 2.24) is 19.1 Å². The van der Waals surface area contributed by atoms with E-state index < -0.39 is 16.0 Å². The first-order valence-electron chi connectivity index (χ1n) is 12.6. The summed E-state index contributed by atoms with van der Waals surface area (Å²) < 4.78 is 34.4. The maximum atomic E-state index is 13.2. The van der Waals surface area contributed by atoms with Crippen LogP contribution in [-0.4, -0.2) is 65.3 Å². The number of hydrogen-bond acceptors (Lipinski definition) is 8. The van der Waals surface area contributed by atoms with E-state index in [1.165, 1.54) is 23.2 Å². The molecule has 5 rings (SSSR count). The highest BCUT2D eigenvalue weighted by Crippen LogP contribution is 2.30. The number of nitrogens with zero attached hydrogens (tertiary/aromatic N) is 4. The summed E-state index contributed by atoms with van der Waals surface area (Å²) in [5.41, 5.74) is 2.30. The molecule has 2 heterocycles. The number of nitrogens with one attached hydrogen (secondary N) is 1. The van der Waals surface area contributed by atoms with Crippen molar-refractivity contribution < 1.29 is 22.7 Å². The van der Waals surface area contributed by atoms with Crippen LogP contribution in [0.15, 0.2) is 88.9 Å². The van der Waals surface area contributed by atoms with Crippen LogP contribution in [0.1, 0.15) is 23.2 Å². The number of benzene rings is 3. The average Bonchev–Trinajstić information content (AvgIpc) is 3.68. The van der Waals surface area contributed by atoms with Crippen molar-refractivity contribution in [2.45, 2.75) is 22.9 Å². The Kier molecular flexibility index (Phi) is 8.29. The number of carbonyl (C=O) groups is 2. The monoisotopic (exact) mass is 577 g/mol. The van der Waals surface area contributed by atoms with E-state index >= 15 is 0 Å². The SMILES string of the molecule is COC(=O)c1ccc(NC(=O)CSc2nnc(-c3cccc(S(=O)(=O)N4CCCC4)c3)n2-c2ccccc2)cc1. The molecule has 40 heavy (non-hydrogen) atoms. The van der Waals surface area contributed by atoms with Crippen LogP contribution in [0, 0.1) is 0 Å². The molecule has 206 valence electrons. The van der Waals surface area contributed by atoms with Crippen LogP contribution in [0.5, 0.6) is 0 Å². The number of hydrogen-bond donors (Lipinski definition) is 1. The Balaban J connectivity index is 1.38. The van der Waals surface area contributed by atoms with Crippen LogP contribution in [0.3, 0.4) is 0 Å². The topological polar surface area (TPSA) is 123 Å². The zero-order valence-electron chi connectivity index (χ0n) is 21.7. The molecule has 12 heteroatoms. The second-order valence-corrected chi connectivity index (χ2v) is 11.9. The summed E-state index contributed by atoms with van der Waals surface area (Å²) in [5, 5.41) is 12.0. The number of esters is 1. The molecule has 0 bridgehead atoms. The molecule has 10 nitrogen and oxygen atoms in total. The van der Waals surface area contributed by atoms with E-state index in [9.17, 15) is 18.0 Å².